The van der Waals surface area contributed by atoms with Gasteiger partial charge in [0.25, 0.3) is 0 Å². The molecule has 6 heteroatoms. The lowest BCUT2D eigenvalue weighted by Gasteiger charge is -2.30. The summed E-state index contributed by atoms with van der Waals surface area (Å²) in [5.41, 5.74) is -0.543. The number of carbonyl (C=O) groups excluding carboxylic acids is 2. The van der Waals surface area contributed by atoms with Gasteiger partial charge in [0.1, 0.15) is 13.2 Å². The normalized spacial score (nSPS) is 25.1. The molecule has 19 heavy (non-hydrogen) atoms. The zero-order valence-electron chi connectivity index (χ0n) is 11.4. The molecule has 2 unspecified atom stereocenters. The smallest absolute Gasteiger partial charge is 0.309 e. The molecule has 0 aromatic rings. The van der Waals surface area contributed by atoms with Crippen LogP contribution in [-0.2, 0) is 19.1 Å². The van der Waals surface area contributed by atoms with Crippen molar-refractivity contribution >= 4 is 11.9 Å². The lowest BCUT2D eigenvalue weighted by atomic mass is 9.75. The van der Waals surface area contributed by atoms with Gasteiger partial charge in [-0.2, -0.15) is 0 Å². The Morgan fingerprint density at radius 3 is 1.68 bits per heavy atom. The first-order chi connectivity index (χ1) is 8.95. The lowest BCUT2D eigenvalue weighted by Crippen LogP contribution is -2.36. The zero-order chi connectivity index (χ0) is 14.5. The fourth-order valence-corrected chi connectivity index (χ4v) is 2.66. The molecule has 110 valence electrons. The van der Waals surface area contributed by atoms with Gasteiger partial charge in [-0.15, -0.1) is 0 Å². The van der Waals surface area contributed by atoms with Crippen LogP contribution in [0, 0.1) is 17.3 Å². The highest BCUT2D eigenvalue weighted by molar-refractivity contribution is 5.79. The number of hydrogen-bond donors (Lipinski definition) is 2. The molecular formula is C13H22O6. The van der Waals surface area contributed by atoms with E-state index in [1.165, 1.54) is 0 Å². The lowest BCUT2D eigenvalue weighted by molar-refractivity contribution is -0.158. The molecule has 2 atom stereocenters. The third kappa shape index (κ3) is 3.67. The van der Waals surface area contributed by atoms with Crippen LogP contribution in [0.2, 0.25) is 0 Å². The first-order valence-electron chi connectivity index (χ1n) is 6.50. The zero-order valence-corrected chi connectivity index (χ0v) is 11.4. The number of ether oxygens (including phenoxy) is 2. The van der Waals surface area contributed by atoms with Crippen molar-refractivity contribution in [3.63, 3.8) is 0 Å². The second kappa shape index (κ2) is 6.86. The Hall–Kier alpha value is -1.14. The van der Waals surface area contributed by atoms with E-state index in [1.54, 1.807) is 0 Å². The molecule has 1 aliphatic rings. The van der Waals surface area contributed by atoms with Crippen LogP contribution in [-0.4, -0.2) is 48.6 Å². The van der Waals surface area contributed by atoms with E-state index >= 15 is 0 Å². The van der Waals surface area contributed by atoms with E-state index in [1.807, 2.05) is 13.8 Å². The third-order valence-corrected chi connectivity index (χ3v) is 3.78. The van der Waals surface area contributed by atoms with Gasteiger partial charge in [-0.1, -0.05) is 13.8 Å². The molecule has 0 amide bonds. The Kier molecular flexibility index (Phi) is 5.75. The summed E-state index contributed by atoms with van der Waals surface area (Å²) in [7, 11) is 0. The summed E-state index contributed by atoms with van der Waals surface area (Å²) in [6.07, 6.45) is 1.13. The maximum atomic E-state index is 11.9. The van der Waals surface area contributed by atoms with Crippen molar-refractivity contribution in [3.8, 4) is 0 Å². The predicted octanol–water partition coefficient (Wildman–Crippen LogP) is 0.110. The molecule has 6 nitrogen and oxygen atoms in total. The molecule has 1 rings (SSSR count). The second-order valence-electron chi connectivity index (χ2n) is 5.29. The van der Waals surface area contributed by atoms with Crippen molar-refractivity contribution in [2.75, 3.05) is 26.4 Å². The van der Waals surface area contributed by atoms with Gasteiger partial charge in [-0.05, 0) is 18.3 Å². The van der Waals surface area contributed by atoms with Crippen molar-refractivity contribution in [1.29, 1.82) is 0 Å². The van der Waals surface area contributed by atoms with Gasteiger partial charge < -0.3 is 19.7 Å². The minimum Gasteiger partial charge on any atom is -0.463 e. The van der Waals surface area contributed by atoms with Gasteiger partial charge in [0.05, 0.1) is 25.0 Å². The van der Waals surface area contributed by atoms with E-state index in [0.29, 0.717) is 12.8 Å². The van der Waals surface area contributed by atoms with Crippen LogP contribution in [0.5, 0.6) is 0 Å². The van der Waals surface area contributed by atoms with Gasteiger partial charge in [0.15, 0.2) is 0 Å². The summed E-state index contributed by atoms with van der Waals surface area (Å²) in [6, 6.07) is 0. The van der Waals surface area contributed by atoms with E-state index in [-0.39, 0.29) is 50.2 Å². The van der Waals surface area contributed by atoms with E-state index in [4.69, 9.17) is 19.7 Å². The van der Waals surface area contributed by atoms with Crippen molar-refractivity contribution in [3.05, 3.63) is 0 Å². The highest BCUT2D eigenvalue weighted by atomic mass is 16.5. The topological polar surface area (TPSA) is 93.1 Å². The van der Waals surface area contributed by atoms with Crippen molar-refractivity contribution in [1.82, 2.24) is 0 Å². The number of aliphatic hydroxyl groups excluding tert-OH is 2. The average Bonchev–Trinajstić information content (AvgIpc) is 2.68. The summed E-state index contributed by atoms with van der Waals surface area (Å²) in [5, 5.41) is 17.3. The van der Waals surface area contributed by atoms with E-state index < -0.39 is 5.41 Å². The summed E-state index contributed by atoms with van der Waals surface area (Å²) in [6.45, 7) is 3.23. The predicted molar refractivity (Wildman–Crippen MR) is 66.1 cm³/mol. The van der Waals surface area contributed by atoms with E-state index in [2.05, 4.69) is 0 Å². The van der Waals surface area contributed by atoms with Crippen LogP contribution >= 0.6 is 0 Å². The maximum Gasteiger partial charge on any atom is 0.309 e. The molecule has 0 radical (unpaired) electrons. The fraction of sp³-hybridized carbons (Fsp3) is 0.846. The summed E-state index contributed by atoms with van der Waals surface area (Å²) in [5.74, 6) is -1.50. The fourth-order valence-electron chi connectivity index (χ4n) is 2.66. The van der Waals surface area contributed by atoms with E-state index in [0.717, 1.165) is 0 Å². The maximum absolute atomic E-state index is 11.9. The molecule has 0 spiro atoms. The van der Waals surface area contributed by atoms with Crippen LogP contribution in [0.1, 0.15) is 26.7 Å². The molecule has 1 fully saturated rings. The summed E-state index contributed by atoms with van der Waals surface area (Å²) < 4.78 is 9.88. The molecule has 1 aliphatic carbocycles. The largest absolute Gasteiger partial charge is 0.463 e. The average molecular weight is 274 g/mol. The van der Waals surface area contributed by atoms with Crippen molar-refractivity contribution in [2.24, 2.45) is 17.3 Å². The van der Waals surface area contributed by atoms with Crippen LogP contribution in [0.4, 0.5) is 0 Å². The molecule has 0 bridgehead atoms. The SMILES string of the molecule is CC1(C)C(C(=O)OCCO)CCC1C(=O)OCCO. The number of aliphatic hydroxyl groups is 2. The third-order valence-electron chi connectivity index (χ3n) is 3.78. The number of rotatable bonds is 6. The summed E-state index contributed by atoms with van der Waals surface area (Å²) >= 11 is 0. The minimum absolute atomic E-state index is 0.0228. The van der Waals surface area contributed by atoms with Gasteiger partial charge in [0, 0.05) is 0 Å². The van der Waals surface area contributed by atoms with Gasteiger partial charge in [0.2, 0.25) is 0 Å². The first-order valence-corrected chi connectivity index (χ1v) is 6.50. The Balaban J connectivity index is 2.65. The first kappa shape index (κ1) is 15.9. The number of esters is 2. The Labute approximate surface area is 112 Å². The number of carbonyl (C=O) groups is 2. The van der Waals surface area contributed by atoms with Crippen LogP contribution in [0.15, 0.2) is 0 Å². The van der Waals surface area contributed by atoms with Crippen LogP contribution in [0.3, 0.4) is 0 Å². The van der Waals surface area contributed by atoms with Crippen molar-refractivity contribution < 1.29 is 29.3 Å². The Morgan fingerprint density at radius 2 is 1.37 bits per heavy atom. The molecular weight excluding hydrogens is 252 g/mol. The molecule has 0 aromatic heterocycles. The van der Waals surface area contributed by atoms with Gasteiger partial charge >= 0.3 is 11.9 Å². The quantitative estimate of drug-likeness (QED) is 0.668. The molecule has 2 N–H and O–H groups in total. The standard InChI is InChI=1S/C13H22O6/c1-13(2)9(11(16)18-7-5-14)3-4-10(13)12(17)19-8-6-15/h9-10,14-15H,3-8H2,1-2H3. The van der Waals surface area contributed by atoms with E-state index in [9.17, 15) is 9.59 Å². The molecule has 0 aliphatic heterocycles. The highest BCUT2D eigenvalue weighted by Gasteiger charge is 2.51. The molecule has 0 aromatic carbocycles. The molecule has 1 saturated carbocycles. The highest BCUT2D eigenvalue weighted by Crippen LogP contribution is 2.48. The number of hydrogen-bond acceptors (Lipinski definition) is 6. The van der Waals surface area contributed by atoms with Crippen LogP contribution < -0.4 is 0 Å². The van der Waals surface area contributed by atoms with Gasteiger partial charge in [-0.3, -0.25) is 9.59 Å². The molecule has 0 heterocycles. The Morgan fingerprint density at radius 1 is 1.00 bits per heavy atom. The molecule has 0 saturated heterocycles. The monoisotopic (exact) mass is 274 g/mol. The van der Waals surface area contributed by atoms with Crippen molar-refractivity contribution in [2.45, 2.75) is 26.7 Å². The minimum atomic E-state index is -0.543. The summed E-state index contributed by atoms with van der Waals surface area (Å²) in [4.78, 5) is 23.8. The second-order valence-corrected chi connectivity index (χ2v) is 5.29. The Bertz CT molecular complexity index is 295. The van der Waals surface area contributed by atoms with Crippen LogP contribution in [0.25, 0.3) is 0 Å². The van der Waals surface area contributed by atoms with Gasteiger partial charge in [-0.25, -0.2) is 0 Å².